The van der Waals surface area contributed by atoms with Crippen LogP contribution in [0.25, 0.3) is 0 Å². The molecule has 2 rings (SSSR count). The van der Waals surface area contributed by atoms with Crippen LogP contribution in [-0.2, 0) is 18.5 Å². The van der Waals surface area contributed by atoms with Crippen LogP contribution < -0.4 is 5.73 Å². The van der Waals surface area contributed by atoms with E-state index in [9.17, 15) is 4.39 Å². The summed E-state index contributed by atoms with van der Waals surface area (Å²) in [7, 11) is 0. The molecule has 0 saturated heterocycles. The number of aryl methyl sites for hydroxylation is 1. The maximum absolute atomic E-state index is 13.2. The monoisotopic (exact) mass is 248 g/mol. The fraction of sp³-hybridized carbons (Fsp3) is 0.385. The van der Waals surface area contributed by atoms with Crippen molar-refractivity contribution in [3.05, 3.63) is 47.8 Å². The zero-order valence-electron chi connectivity index (χ0n) is 10.6. The van der Waals surface area contributed by atoms with Crippen molar-refractivity contribution in [3.63, 3.8) is 0 Å². The molecule has 0 bridgehead atoms. The Labute approximate surface area is 106 Å². The van der Waals surface area contributed by atoms with Gasteiger partial charge in [0.2, 0.25) is 0 Å². The van der Waals surface area contributed by atoms with Crippen LogP contribution in [-0.4, -0.2) is 14.8 Å². The Bertz CT molecular complexity index is 533. The van der Waals surface area contributed by atoms with Crippen LogP contribution in [0, 0.1) is 5.82 Å². The van der Waals surface area contributed by atoms with Crippen molar-refractivity contribution in [1.29, 1.82) is 0 Å². The van der Waals surface area contributed by atoms with Crippen molar-refractivity contribution in [2.24, 2.45) is 5.73 Å². The Morgan fingerprint density at radius 2 is 2.22 bits per heavy atom. The van der Waals surface area contributed by atoms with Gasteiger partial charge in [-0.25, -0.2) is 9.37 Å². The Kier molecular flexibility index (Phi) is 3.43. The number of hydrogen-bond acceptors (Lipinski definition) is 3. The zero-order valence-corrected chi connectivity index (χ0v) is 10.6. The summed E-state index contributed by atoms with van der Waals surface area (Å²) in [5, 5.41) is 4.11. The van der Waals surface area contributed by atoms with E-state index in [0.29, 0.717) is 6.42 Å². The first kappa shape index (κ1) is 12.7. The van der Waals surface area contributed by atoms with Crippen LogP contribution in [0.1, 0.15) is 25.2 Å². The molecule has 0 amide bonds. The second kappa shape index (κ2) is 4.86. The standard InChI is InChI=1S/C13H17FN4/c1-3-18-12(16-9-17-18)8-13(2,15)10-5-4-6-11(14)7-10/h4-7,9H,3,8,15H2,1-2H3. The molecule has 4 nitrogen and oxygen atoms in total. The normalized spacial score (nSPS) is 14.4. The summed E-state index contributed by atoms with van der Waals surface area (Å²) in [6.07, 6.45) is 2.03. The van der Waals surface area contributed by atoms with Gasteiger partial charge in [-0.15, -0.1) is 0 Å². The van der Waals surface area contributed by atoms with E-state index in [1.165, 1.54) is 18.5 Å². The lowest BCUT2D eigenvalue weighted by atomic mass is 9.89. The van der Waals surface area contributed by atoms with E-state index in [2.05, 4.69) is 10.1 Å². The number of nitrogens with two attached hydrogens (primary N) is 1. The van der Waals surface area contributed by atoms with Gasteiger partial charge in [0.05, 0.1) is 0 Å². The Hall–Kier alpha value is -1.75. The molecule has 0 radical (unpaired) electrons. The Morgan fingerprint density at radius 3 is 2.89 bits per heavy atom. The quantitative estimate of drug-likeness (QED) is 0.898. The molecule has 1 aromatic heterocycles. The van der Waals surface area contributed by atoms with Crippen molar-refractivity contribution in [2.45, 2.75) is 32.4 Å². The van der Waals surface area contributed by atoms with Gasteiger partial charge < -0.3 is 5.73 Å². The minimum atomic E-state index is -0.665. The molecule has 0 aliphatic heterocycles. The highest BCUT2D eigenvalue weighted by Gasteiger charge is 2.24. The van der Waals surface area contributed by atoms with E-state index in [0.717, 1.165) is 17.9 Å². The number of hydrogen-bond donors (Lipinski definition) is 1. The number of halogens is 1. The molecule has 0 fully saturated rings. The van der Waals surface area contributed by atoms with Gasteiger partial charge in [0, 0.05) is 18.5 Å². The first-order chi connectivity index (χ1) is 8.53. The lowest BCUT2D eigenvalue weighted by molar-refractivity contribution is 0.454. The summed E-state index contributed by atoms with van der Waals surface area (Å²) in [4.78, 5) is 4.20. The third kappa shape index (κ3) is 2.56. The van der Waals surface area contributed by atoms with E-state index < -0.39 is 5.54 Å². The largest absolute Gasteiger partial charge is 0.321 e. The fourth-order valence-corrected chi connectivity index (χ4v) is 1.96. The molecule has 96 valence electrons. The zero-order chi connectivity index (χ0) is 13.2. The van der Waals surface area contributed by atoms with Gasteiger partial charge in [-0.2, -0.15) is 5.10 Å². The molecule has 5 heteroatoms. The van der Waals surface area contributed by atoms with Crippen LogP contribution >= 0.6 is 0 Å². The third-order valence-electron chi connectivity index (χ3n) is 3.00. The maximum atomic E-state index is 13.2. The molecular weight excluding hydrogens is 231 g/mol. The van der Waals surface area contributed by atoms with Crippen molar-refractivity contribution in [2.75, 3.05) is 0 Å². The molecule has 18 heavy (non-hydrogen) atoms. The Balaban J connectivity index is 2.26. The summed E-state index contributed by atoms with van der Waals surface area (Å²) in [5.41, 5.74) is 6.37. The van der Waals surface area contributed by atoms with E-state index in [1.54, 1.807) is 10.7 Å². The molecule has 2 aromatic rings. The lowest BCUT2D eigenvalue weighted by Gasteiger charge is -2.24. The van der Waals surface area contributed by atoms with E-state index >= 15 is 0 Å². The fourth-order valence-electron chi connectivity index (χ4n) is 1.96. The molecular formula is C13H17FN4. The topological polar surface area (TPSA) is 56.7 Å². The van der Waals surface area contributed by atoms with Crippen LogP contribution in [0.5, 0.6) is 0 Å². The summed E-state index contributed by atoms with van der Waals surface area (Å²) in [5.74, 6) is 0.535. The molecule has 1 unspecified atom stereocenters. The second-order valence-electron chi connectivity index (χ2n) is 4.60. The summed E-state index contributed by atoms with van der Waals surface area (Å²) < 4.78 is 15.0. The molecule has 0 saturated carbocycles. The highest BCUT2D eigenvalue weighted by molar-refractivity contribution is 5.25. The molecule has 2 N–H and O–H groups in total. The van der Waals surface area contributed by atoms with Gasteiger partial charge in [-0.05, 0) is 31.5 Å². The first-order valence-corrected chi connectivity index (χ1v) is 5.94. The second-order valence-corrected chi connectivity index (χ2v) is 4.60. The lowest BCUT2D eigenvalue weighted by Crippen LogP contribution is -2.36. The van der Waals surface area contributed by atoms with Crippen LogP contribution in [0.15, 0.2) is 30.6 Å². The van der Waals surface area contributed by atoms with Gasteiger partial charge in [-0.3, -0.25) is 4.68 Å². The van der Waals surface area contributed by atoms with Gasteiger partial charge in [0.1, 0.15) is 18.0 Å². The van der Waals surface area contributed by atoms with Crippen molar-refractivity contribution >= 4 is 0 Å². The summed E-state index contributed by atoms with van der Waals surface area (Å²) >= 11 is 0. The molecule has 1 aromatic carbocycles. The van der Waals surface area contributed by atoms with Gasteiger partial charge in [-0.1, -0.05) is 12.1 Å². The number of benzene rings is 1. The van der Waals surface area contributed by atoms with Crippen molar-refractivity contribution in [3.8, 4) is 0 Å². The Morgan fingerprint density at radius 1 is 1.44 bits per heavy atom. The maximum Gasteiger partial charge on any atom is 0.138 e. The average Bonchev–Trinajstić information content (AvgIpc) is 2.75. The SMILES string of the molecule is CCn1ncnc1CC(C)(N)c1cccc(F)c1. The molecule has 0 aliphatic carbocycles. The highest BCUT2D eigenvalue weighted by Crippen LogP contribution is 2.22. The van der Waals surface area contributed by atoms with E-state index in [1.807, 2.05) is 19.9 Å². The van der Waals surface area contributed by atoms with Crippen LogP contribution in [0.3, 0.4) is 0 Å². The predicted octanol–water partition coefficient (Wildman–Crippen LogP) is 1.85. The average molecular weight is 248 g/mol. The number of rotatable bonds is 4. The van der Waals surface area contributed by atoms with Crippen molar-refractivity contribution in [1.82, 2.24) is 14.8 Å². The van der Waals surface area contributed by atoms with Crippen LogP contribution in [0.4, 0.5) is 4.39 Å². The van der Waals surface area contributed by atoms with E-state index in [-0.39, 0.29) is 5.82 Å². The van der Waals surface area contributed by atoms with Crippen LogP contribution in [0.2, 0.25) is 0 Å². The third-order valence-corrected chi connectivity index (χ3v) is 3.00. The van der Waals surface area contributed by atoms with Crippen molar-refractivity contribution < 1.29 is 4.39 Å². The summed E-state index contributed by atoms with van der Waals surface area (Å²) in [6, 6.07) is 6.37. The minimum absolute atomic E-state index is 0.277. The number of aromatic nitrogens is 3. The van der Waals surface area contributed by atoms with Gasteiger partial charge in [0.25, 0.3) is 0 Å². The number of nitrogens with zero attached hydrogens (tertiary/aromatic N) is 3. The molecule has 0 aliphatic rings. The van der Waals surface area contributed by atoms with E-state index in [4.69, 9.17) is 5.73 Å². The smallest absolute Gasteiger partial charge is 0.138 e. The summed E-state index contributed by atoms with van der Waals surface area (Å²) in [6.45, 7) is 4.61. The van der Waals surface area contributed by atoms with Gasteiger partial charge >= 0.3 is 0 Å². The van der Waals surface area contributed by atoms with Gasteiger partial charge in [0.15, 0.2) is 0 Å². The molecule has 1 atom stereocenters. The first-order valence-electron chi connectivity index (χ1n) is 5.94. The highest BCUT2D eigenvalue weighted by atomic mass is 19.1. The molecule has 1 heterocycles. The predicted molar refractivity (Wildman–Crippen MR) is 67.3 cm³/mol. The molecule has 0 spiro atoms. The minimum Gasteiger partial charge on any atom is -0.321 e.